The maximum atomic E-state index is 12.9. The maximum Gasteiger partial charge on any atom is 0.329 e. The van der Waals surface area contributed by atoms with Gasteiger partial charge in [0.05, 0.1) is 11.0 Å². The Kier molecular flexibility index (Phi) is 11.7. The van der Waals surface area contributed by atoms with Crippen LogP contribution in [0.5, 0.6) is 0 Å². The van der Waals surface area contributed by atoms with Crippen LogP contribution in [0.25, 0.3) is 11.0 Å². The number of benzene rings is 1. The van der Waals surface area contributed by atoms with Gasteiger partial charge in [0.1, 0.15) is 18.9 Å². The van der Waals surface area contributed by atoms with E-state index >= 15 is 0 Å². The number of piperidine rings is 2. The molecule has 1 saturated carbocycles. The molecular formula is C30H44N4O6. The van der Waals surface area contributed by atoms with Crippen molar-refractivity contribution in [2.75, 3.05) is 26.8 Å². The molecule has 0 spiro atoms. The molecule has 5 rings (SSSR count). The van der Waals surface area contributed by atoms with Gasteiger partial charge in [-0.3, -0.25) is 28.8 Å². The molecule has 0 radical (unpaired) electrons. The SMILES string of the molecule is CC.COCC(=O)N1CCC(c2ccc3c(c2)n(C)c(=O)n3C2CCC(=O)NC2=O)CC1.O=CC1CCCCC1. The van der Waals surface area contributed by atoms with Crippen LogP contribution in [-0.4, -0.2) is 64.8 Å². The minimum Gasteiger partial charge on any atom is -0.375 e. The Bertz CT molecular complexity index is 1230. The second-order valence-electron chi connectivity index (χ2n) is 10.5. The lowest BCUT2D eigenvalue weighted by atomic mass is 9.89. The average molecular weight is 557 g/mol. The Balaban J connectivity index is 0.000000376. The molecule has 3 aliphatic rings. The van der Waals surface area contributed by atoms with Gasteiger partial charge in [0.15, 0.2) is 0 Å². The number of aromatic nitrogens is 2. The standard InChI is InChI=1S/C21H26N4O5.C7H12O.C2H6/c1-23-17-11-14(13-7-9-24(10-8-13)19(27)12-30-2)3-4-15(17)25(21(23)29)16-5-6-18(26)22-20(16)28;8-6-7-4-2-1-3-5-7;1-2/h3-4,11,13,16H,5-10,12H2,1-2H3,(H,22,26,28);6-7H,1-5H2;1-2H3. The van der Waals surface area contributed by atoms with E-state index in [9.17, 15) is 24.0 Å². The van der Waals surface area contributed by atoms with Crippen LogP contribution in [0.1, 0.15) is 89.2 Å². The van der Waals surface area contributed by atoms with E-state index in [-0.39, 0.29) is 30.5 Å². The summed E-state index contributed by atoms with van der Waals surface area (Å²) in [5, 5.41) is 2.33. The van der Waals surface area contributed by atoms with Crippen LogP contribution in [0.15, 0.2) is 23.0 Å². The third-order valence-electron chi connectivity index (χ3n) is 8.06. The molecule has 40 heavy (non-hydrogen) atoms. The number of amides is 3. The summed E-state index contributed by atoms with van der Waals surface area (Å²) in [5.74, 6) is -0.0194. The van der Waals surface area contributed by atoms with Crippen molar-refractivity contribution in [1.82, 2.24) is 19.4 Å². The van der Waals surface area contributed by atoms with Gasteiger partial charge in [-0.25, -0.2) is 4.79 Å². The van der Waals surface area contributed by atoms with E-state index in [4.69, 9.17) is 4.74 Å². The highest BCUT2D eigenvalue weighted by Gasteiger charge is 2.31. The van der Waals surface area contributed by atoms with E-state index in [2.05, 4.69) is 5.32 Å². The van der Waals surface area contributed by atoms with E-state index in [1.54, 1.807) is 11.6 Å². The molecule has 0 bridgehead atoms. The number of rotatable bonds is 5. The zero-order chi connectivity index (χ0) is 29.2. The molecule has 1 aromatic heterocycles. The molecular weight excluding hydrogens is 512 g/mol. The molecule has 1 N–H and O–H groups in total. The van der Waals surface area contributed by atoms with Crippen LogP contribution >= 0.6 is 0 Å². The van der Waals surface area contributed by atoms with Gasteiger partial charge in [-0.05, 0) is 55.7 Å². The lowest BCUT2D eigenvalue weighted by Gasteiger charge is -2.32. The third kappa shape index (κ3) is 7.27. The van der Waals surface area contributed by atoms with Crippen LogP contribution in [0.3, 0.4) is 0 Å². The number of hydrogen-bond acceptors (Lipinski definition) is 6. The molecule has 3 heterocycles. The number of imidazole rings is 1. The highest BCUT2D eigenvalue weighted by Crippen LogP contribution is 2.31. The van der Waals surface area contributed by atoms with Gasteiger partial charge < -0.3 is 14.4 Å². The molecule has 1 atom stereocenters. The zero-order valence-corrected chi connectivity index (χ0v) is 24.3. The number of methoxy groups -OCH3 is 1. The predicted octanol–water partition coefficient (Wildman–Crippen LogP) is 3.46. The summed E-state index contributed by atoms with van der Waals surface area (Å²) < 4.78 is 7.98. The molecule has 10 heteroatoms. The maximum absolute atomic E-state index is 12.9. The topological polar surface area (TPSA) is 120 Å². The monoisotopic (exact) mass is 556 g/mol. The molecule has 1 unspecified atom stereocenters. The van der Waals surface area contributed by atoms with Crippen molar-refractivity contribution in [2.45, 2.75) is 83.6 Å². The van der Waals surface area contributed by atoms with Crippen molar-refractivity contribution in [2.24, 2.45) is 13.0 Å². The molecule has 2 aliphatic heterocycles. The number of aldehydes is 1. The Morgan fingerprint density at radius 2 is 1.68 bits per heavy atom. The Morgan fingerprint density at radius 1 is 1.00 bits per heavy atom. The lowest BCUT2D eigenvalue weighted by Crippen LogP contribution is -2.44. The van der Waals surface area contributed by atoms with Gasteiger partial charge >= 0.3 is 5.69 Å². The van der Waals surface area contributed by atoms with Gasteiger partial charge in [-0.15, -0.1) is 0 Å². The first-order valence-electron chi connectivity index (χ1n) is 14.6. The number of fused-ring (bicyclic) bond motifs is 1. The van der Waals surface area contributed by atoms with E-state index in [0.29, 0.717) is 36.9 Å². The first-order chi connectivity index (χ1) is 19.3. The fraction of sp³-hybridized carbons (Fsp3) is 0.633. The number of hydrogen-bond donors (Lipinski definition) is 1. The zero-order valence-electron chi connectivity index (χ0n) is 24.3. The summed E-state index contributed by atoms with van der Waals surface area (Å²) in [5.41, 5.74) is 2.31. The van der Waals surface area contributed by atoms with Crippen LogP contribution in [0.4, 0.5) is 0 Å². The lowest BCUT2D eigenvalue weighted by molar-refractivity contribution is -0.137. The first kappa shape index (κ1) is 31.3. The van der Waals surface area contributed by atoms with Gasteiger partial charge in [-0.1, -0.05) is 39.2 Å². The summed E-state index contributed by atoms with van der Waals surface area (Å²) in [7, 11) is 3.22. The smallest absolute Gasteiger partial charge is 0.329 e. The van der Waals surface area contributed by atoms with Crippen LogP contribution < -0.4 is 11.0 Å². The molecule has 2 aromatic rings. The second-order valence-corrected chi connectivity index (χ2v) is 10.5. The number of nitrogens with one attached hydrogen (secondary N) is 1. The minimum absolute atomic E-state index is 0.00937. The number of imide groups is 1. The van der Waals surface area contributed by atoms with E-state index in [1.165, 1.54) is 30.9 Å². The van der Waals surface area contributed by atoms with E-state index in [1.807, 2.05) is 36.9 Å². The van der Waals surface area contributed by atoms with Gasteiger partial charge in [0.2, 0.25) is 17.7 Å². The number of carbonyl (C=O) groups is 4. The largest absolute Gasteiger partial charge is 0.375 e. The van der Waals surface area contributed by atoms with E-state index < -0.39 is 11.9 Å². The first-order valence-corrected chi connectivity index (χ1v) is 14.6. The molecule has 1 aliphatic carbocycles. The second kappa shape index (κ2) is 14.9. The molecule has 10 nitrogen and oxygen atoms in total. The van der Waals surface area contributed by atoms with Crippen LogP contribution in [0.2, 0.25) is 0 Å². The van der Waals surface area contributed by atoms with Crippen molar-refractivity contribution in [1.29, 1.82) is 0 Å². The Morgan fingerprint density at radius 3 is 2.25 bits per heavy atom. The summed E-state index contributed by atoms with van der Waals surface area (Å²) in [4.78, 5) is 60.7. The van der Waals surface area contributed by atoms with Gasteiger partial charge in [0.25, 0.3) is 0 Å². The molecule has 3 fully saturated rings. The van der Waals surface area contributed by atoms with Crippen molar-refractivity contribution in [3.8, 4) is 0 Å². The fourth-order valence-electron chi connectivity index (χ4n) is 5.81. The average Bonchev–Trinajstić information content (AvgIpc) is 3.24. The number of nitrogens with zero attached hydrogens (tertiary/aromatic N) is 3. The summed E-state index contributed by atoms with van der Waals surface area (Å²) in [6, 6.07) is 5.22. The van der Waals surface area contributed by atoms with Crippen LogP contribution in [0, 0.1) is 5.92 Å². The van der Waals surface area contributed by atoms with Crippen LogP contribution in [-0.2, 0) is 31.0 Å². The Labute approximate surface area is 236 Å². The highest BCUT2D eigenvalue weighted by atomic mass is 16.5. The highest BCUT2D eigenvalue weighted by molar-refractivity contribution is 6.00. The number of aryl methyl sites for hydroxylation is 1. The van der Waals surface area contributed by atoms with Gasteiger partial charge in [0, 0.05) is 39.6 Å². The number of carbonyl (C=O) groups excluding carboxylic acids is 4. The van der Waals surface area contributed by atoms with Crippen molar-refractivity contribution in [3.63, 3.8) is 0 Å². The number of ether oxygens (including phenoxy) is 1. The number of likely N-dealkylation sites (tertiary alicyclic amines) is 1. The molecule has 2 saturated heterocycles. The molecule has 220 valence electrons. The van der Waals surface area contributed by atoms with Crippen molar-refractivity contribution < 1.29 is 23.9 Å². The summed E-state index contributed by atoms with van der Waals surface area (Å²) in [6.07, 6.45) is 9.51. The predicted molar refractivity (Wildman–Crippen MR) is 153 cm³/mol. The summed E-state index contributed by atoms with van der Waals surface area (Å²) in [6.45, 7) is 5.47. The summed E-state index contributed by atoms with van der Waals surface area (Å²) >= 11 is 0. The quantitative estimate of drug-likeness (QED) is 0.445. The van der Waals surface area contributed by atoms with E-state index in [0.717, 1.165) is 43.0 Å². The third-order valence-corrected chi connectivity index (χ3v) is 8.06. The minimum atomic E-state index is -0.681. The molecule has 3 amide bonds. The molecule has 1 aromatic carbocycles. The van der Waals surface area contributed by atoms with Crippen molar-refractivity contribution >= 4 is 35.0 Å². The normalized spacial score (nSPS) is 20.2. The van der Waals surface area contributed by atoms with Gasteiger partial charge in [-0.2, -0.15) is 0 Å². The Hall–Kier alpha value is -3.27. The fourth-order valence-corrected chi connectivity index (χ4v) is 5.81. The van der Waals surface area contributed by atoms with Crippen molar-refractivity contribution in [3.05, 3.63) is 34.2 Å².